The van der Waals surface area contributed by atoms with E-state index in [1.54, 1.807) is 15.6 Å². The summed E-state index contributed by atoms with van der Waals surface area (Å²) in [7, 11) is -3.05. The van der Waals surface area contributed by atoms with Gasteiger partial charge in [-0.05, 0) is 34.1 Å². The monoisotopic (exact) mass is 441 g/mol. The second-order valence-corrected chi connectivity index (χ2v) is 11.2. The van der Waals surface area contributed by atoms with E-state index >= 15 is 0 Å². The summed E-state index contributed by atoms with van der Waals surface area (Å²) in [5.74, 6) is 0.518. The van der Waals surface area contributed by atoms with Crippen LogP contribution in [0, 0.1) is 6.92 Å². The van der Waals surface area contributed by atoms with Gasteiger partial charge in [0.15, 0.2) is 9.84 Å². The first-order valence-electron chi connectivity index (χ1n) is 10.2. The fourth-order valence-electron chi connectivity index (χ4n) is 3.66. The van der Waals surface area contributed by atoms with Crippen molar-refractivity contribution >= 4 is 27.7 Å². The Balaban J connectivity index is 1.52. The van der Waals surface area contributed by atoms with Gasteiger partial charge in [0.25, 0.3) is 0 Å². The fourth-order valence-corrected chi connectivity index (χ4v) is 5.35. The number of amides is 2. The minimum Gasteiger partial charge on any atom is -0.444 e. The summed E-state index contributed by atoms with van der Waals surface area (Å²) in [5, 5.41) is 7.25. The molecule has 1 atom stereocenters. The molecule has 11 heteroatoms. The van der Waals surface area contributed by atoms with Crippen molar-refractivity contribution in [2.24, 2.45) is 0 Å². The second kappa shape index (κ2) is 8.54. The molecule has 3 heterocycles. The predicted octanol–water partition coefficient (Wildman–Crippen LogP) is 1.04. The molecular weight excluding hydrogens is 410 g/mol. The second-order valence-electron chi connectivity index (χ2n) is 8.96. The van der Waals surface area contributed by atoms with E-state index in [4.69, 9.17) is 4.74 Å². The number of sulfone groups is 1. The molecule has 0 spiro atoms. The fraction of sp³-hybridized carbons (Fsp3) is 0.737. The number of rotatable bonds is 4. The Bertz CT molecular complexity index is 897. The van der Waals surface area contributed by atoms with Crippen molar-refractivity contribution in [1.82, 2.24) is 19.6 Å². The van der Waals surface area contributed by atoms with Crippen molar-refractivity contribution < 1.29 is 22.7 Å². The molecule has 0 radical (unpaired) electrons. The number of aryl methyl sites for hydroxylation is 1. The van der Waals surface area contributed by atoms with Crippen LogP contribution in [0.15, 0.2) is 6.07 Å². The predicted molar refractivity (Wildman–Crippen MR) is 112 cm³/mol. The largest absolute Gasteiger partial charge is 0.444 e. The maximum atomic E-state index is 12.6. The zero-order valence-electron chi connectivity index (χ0n) is 18.0. The van der Waals surface area contributed by atoms with E-state index in [1.807, 2.05) is 32.6 Å². The normalized spacial score (nSPS) is 22.1. The molecule has 2 amide bonds. The highest BCUT2D eigenvalue weighted by molar-refractivity contribution is 7.91. The van der Waals surface area contributed by atoms with Crippen LogP contribution in [0.2, 0.25) is 0 Å². The van der Waals surface area contributed by atoms with E-state index in [1.165, 1.54) is 0 Å². The molecule has 2 aliphatic rings. The summed E-state index contributed by atoms with van der Waals surface area (Å²) in [6, 6.07) is 1.50. The number of hydrogen-bond acceptors (Lipinski definition) is 7. The van der Waals surface area contributed by atoms with Crippen molar-refractivity contribution in [2.45, 2.75) is 45.8 Å². The number of piperazine rings is 1. The lowest BCUT2D eigenvalue weighted by Crippen LogP contribution is -2.51. The minimum absolute atomic E-state index is 0.0453. The first kappa shape index (κ1) is 22.5. The molecule has 2 aliphatic heterocycles. The summed E-state index contributed by atoms with van der Waals surface area (Å²) in [6.45, 7) is 9.65. The summed E-state index contributed by atoms with van der Waals surface area (Å²) in [6.07, 6.45) is 0.163. The van der Waals surface area contributed by atoms with Gasteiger partial charge in [-0.15, -0.1) is 0 Å². The van der Waals surface area contributed by atoms with Gasteiger partial charge in [0, 0.05) is 32.2 Å². The van der Waals surface area contributed by atoms with Crippen LogP contribution in [0.4, 0.5) is 10.6 Å². The Morgan fingerprint density at radius 2 is 1.90 bits per heavy atom. The van der Waals surface area contributed by atoms with Gasteiger partial charge in [0.1, 0.15) is 11.4 Å². The number of ether oxygens (including phenoxy) is 1. The Labute approximate surface area is 177 Å². The summed E-state index contributed by atoms with van der Waals surface area (Å²) < 4.78 is 30.6. The highest BCUT2D eigenvalue weighted by atomic mass is 32.2. The molecule has 0 bridgehead atoms. The van der Waals surface area contributed by atoms with Crippen LogP contribution in [0.3, 0.4) is 0 Å². The van der Waals surface area contributed by atoms with E-state index in [0.717, 1.165) is 5.69 Å². The number of aromatic nitrogens is 2. The van der Waals surface area contributed by atoms with E-state index in [-0.39, 0.29) is 36.1 Å². The molecule has 1 unspecified atom stereocenters. The Morgan fingerprint density at radius 1 is 1.23 bits per heavy atom. The molecule has 1 aromatic heterocycles. The summed E-state index contributed by atoms with van der Waals surface area (Å²) in [4.78, 5) is 28.3. The van der Waals surface area contributed by atoms with Gasteiger partial charge in [0.05, 0.1) is 29.8 Å². The van der Waals surface area contributed by atoms with Gasteiger partial charge in [-0.25, -0.2) is 17.9 Å². The number of carbonyl (C=O) groups is 2. The van der Waals surface area contributed by atoms with Crippen molar-refractivity contribution in [3.63, 3.8) is 0 Å². The Morgan fingerprint density at radius 3 is 2.47 bits per heavy atom. The molecule has 30 heavy (non-hydrogen) atoms. The number of nitrogens with one attached hydrogen (secondary N) is 1. The van der Waals surface area contributed by atoms with Gasteiger partial charge in [-0.1, -0.05) is 0 Å². The van der Waals surface area contributed by atoms with Gasteiger partial charge in [0.2, 0.25) is 5.91 Å². The molecule has 2 fully saturated rings. The van der Waals surface area contributed by atoms with Crippen LogP contribution < -0.4 is 5.32 Å². The molecule has 0 aliphatic carbocycles. The molecule has 0 aromatic carbocycles. The minimum atomic E-state index is -3.05. The molecule has 0 saturated carbocycles. The first-order valence-corrected chi connectivity index (χ1v) is 12.0. The summed E-state index contributed by atoms with van der Waals surface area (Å²) >= 11 is 0. The standard InChI is InChI=1S/C19H31N5O5S/c1-14-11-16(24(21-14)15-5-10-30(27,28)13-15)20-17(25)12-22-6-8-23(9-7-22)18(26)29-19(2,3)4/h11,15H,5-10,12-13H2,1-4H3,(H,20,25). The maximum absolute atomic E-state index is 12.6. The van der Waals surface area contributed by atoms with Gasteiger partial charge < -0.3 is 15.0 Å². The smallest absolute Gasteiger partial charge is 0.410 e. The van der Waals surface area contributed by atoms with Crippen LogP contribution in [0.1, 0.15) is 38.9 Å². The Kier molecular flexibility index (Phi) is 6.42. The highest BCUT2D eigenvalue weighted by Gasteiger charge is 2.32. The number of carbonyl (C=O) groups excluding carboxylic acids is 2. The van der Waals surface area contributed by atoms with Gasteiger partial charge in [-0.3, -0.25) is 9.69 Å². The summed E-state index contributed by atoms with van der Waals surface area (Å²) in [5.41, 5.74) is 0.189. The lowest BCUT2D eigenvalue weighted by Gasteiger charge is -2.35. The molecule has 3 rings (SSSR count). The zero-order valence-corrected chi connectivity index (χ0v) is 18.9. The topological polar surface area (TPSA) is 114 Å². The van der Waals surface area contributed by atoms with Crippen molar-refractivity contribution in [2.75, 3.05) is 49.5 Å². The Hall–Kier alpha value is -2.14. The third-order valence-electron chi connectivity index (χ3n) is 5.07. The van der Waals surface area contributed by atoms with Crippen LogP contribution in [0.25, 0.3) is 0 Å². The van der Waals surface area contributed by atoms with Crippen LogP contribution in [0.5, 0.6) is 0 Å². The van der Waals surface area contributed by atoms with Crippen molar-refractivity contribution in [1.29, 1.82) is 0 Å². The van der Waals surface area contributed by atoms with Gasteiger partial charge >= 0.3 is 6.09 Å². The third kappa shape index (κ3) is 5.94. The SMILES string of the molecule is Cc1cc(NC(=O)CN2CCN(C(=O)OC(C)(C)C)CC2)n(C2CCS(=O)(=O)C2)n1. The molecule has 2 saturated heterocycles. The lowest BCUT2D eigenvalue weighted by molar-refractivity contribution is -0.117. The van der Waals surface area contributed by atoms with Crippen LogP contribution in [-0.4, -0.2) is 89.8 Å². The van der Waals surface area contributed by atoms with E-state index < -0.39 is 15.4 Å². The van der Waals surface area contributed by atoms with E-state index in [0.29, 0.717) is 38.4 Å². The van der Waals surface area contributed by atoms with Crippen molar-refractivity contribution in [3.05, 3.63) is 11.8 Å². The molecule has 1 aromatic rings. The van der Waals surface area contributed by atoms with Crippen LogP contribution >= 0.6 is 0 Å². The molecular formula is C19H31N5O5S. The van der Waals surface area contributed by atoms with E-state index in [9.17, 15) is 18.0 Å². The lowest BCUT2D eigenvalue weighted by atomic mass is 10.2. The van der Waals surface area contributed by atoms with Gasteiger partial charge in [-0.2, -0.15) is 5.10 Å². The quantitative estimate of drug-likeness (QED) is 0.743. The van der Waals surface area contributed by atoms with E-state index in [2.05, 4.69) is 10.4 Å². The molecule has 168 valence electrons. The van der Waals surface area contributed by atoms with Crippen molar-refractivity contribution in [3.8, 4) is 0 Å². The first-order chi connectivity index (χ1) is 13.9. The number of anilines is 1. The third-order valence-corrected chi connectivity index (χ3v) is 6.82. The number of hydrogen-bond donors (Lipinski definition) is 1. The average Bonchev–Trinajstić information content (AvgIpc) is 3.15. The average molecular weight is 442 g/mol. The van der Waals surface area contributed by atoms with Crippen LogP contribution in [-0.2, 0) is 19.4 Å². The maximum Gasteiger partial charge on any atom is 0.410 e. The molecule has 1 N–H and O–H groups in total. The zero-order chi connectivity index (χ0) is 22.1. The highest BCUT2D eigenvalue weighted by Crippen LogP contribution is 2.27. The number of nitrogens with zero attached hydrogens (tertiary/aromatic N) is 4. The molecule has 10 nitrogen and oxygen atoms in total.